The highest BCUT2D eigenvalue weighted by Gasteiger charge is 2.20. The van der Waals surface area contributed by atoms with Crippen LogP contribution in [0.1, 0.15) is 17.8 Å². The van der Waals surface area contributed by atoms with E-state index in [1.54, 1.807) is 11.0 Å². The van der Waals surface area contributed by atoms with Gasteiger partial charge in [-0.1, -0.05) is 11.3 Å². The molecule has 2 heterocycles. The van der Waals surface area contributed by atoms with Crippen molar-refractivity contribution in [2.75, 3.05) is 0 Å². The van der Waals surface area contributed by atoms with E-state index in [2.05, 4.69) is 25.6 Å². The average molecular weight is 222 g/mol. The van der Waals surface area contributed by atoms with E-state index in [9.17, 15) is 0 Å². The van der Waals surface area contributed by atoms with Gasteiger partial charge >= 0.3 is 0 Å². The van der Waals surface area contributed by atoms with E-state index in [0.717, 1.165) is 16.7 Å². The Morgan fingerprint density at radius 2 is 2.40 bits per heavy atom. The molecule has 0 saturated heterocycles. The van der Waals surface area contributed by atoms with E-state index < -0.39 is 0 Å². The molecule has 2 aromatic heterocycles. The quantitative estimate of drug-likeness (QED) is 0.809. The van der Waals surface area contributed by atoms with Crippen molar-refractivity contribution in [2.45, 2.75) is 25.4 Å². The first kappa shape index (κ1) is 8.93. The first-order chi connectivity index (χ1) is 7.42. The zero-order chi connectivity index (χ0) is 10.1. The molecule has 1 aliphatic rings. The van der Waals surface area contributed by atoms with Crippen LogP contribution in [0.5, 0.6) is 0 Å². The van der Waals surface area contributed by atoms with Crippen LogP contribution in [0.2, 0.25) is 0 Å². The molecule has 15 heavy (non-hydrogen) atoms. The third kappa shape index (κ3) is 2.02. The maximum atomic E-state index is 4.09. The molecule has 0 amide bonds. The summed E-state index contributed by atoms with van der Waals surface area (Å²) in [5.74, 6) is 0. The fourth-order valence-electron chi connectivity index (χ4n) is 1.23. The molecule has 0 aromatic carbocycles. The lowest BCUT2D eigenvalue weighted by atomic mass is 10.6. The second-order valence-electron chi connectivity index (χ2n) is 3.47. The van der Waals surface area contributed by atoms with Gasteiger partial charge in [-0.2, -0.15) is 9.78 Å². The lowest BCUT2D eigenvalue weighted by molar-refractivity contribution is 0.678. The number of hydrogen-bond acceptors (Lipinski definition) is 6. The molecule has 0 radical (unpaired) electrons. The van der Waals surface area contributed by atoms with E-state index in [0.29, 0.717) is 6.04 Å². The third-order valence-corrected chi connectivity index (χ3v) is 3.10. The molecule has 1 N–H and O–H groups in total. The van der Waals surface area contributed by atoms with Crippen molar-refractivity contribution < 1.29 is 0 Å². The van der Waals surface area contributed by atoms with Crippen LogP contribution in [-0.2, 0) is 6.54 Å². The number of aromatic nitrogens is 5. The van der Waals surface area contributed by atoms with Crippen molar-refractivity contribution in [1.82, 2.24) is 30.3 Å². The van der Waals surface area contributed by atoms with Crippen molar-refractivity contribution in [3.8, 4) is 5.13 Å². The first-order valence-electron chi connectivity index (χ1n) is 4.82. The van der Waals surface area contributed by atoms with Crippen LogP contribution in [0, 0.1) is 0 Å². The summed E-state index contributed by atoms with van der Waals surface area (Å²) < 4.78 is 1.62. The number of rotatable bonds is 4. The van der Waals surface area contributed by atoms with Gasteiger partial charge in [0.1, 0.15) is 17.7 Å². The zero-order valence-corrected chi connectivity index (χ0v) is 8.81. The van der Waals surface area contributed by atoms with Crippen LogP contribution < -0.4 is 5.32 Å². The second kappa shape index (κ2) is 3.67. The molecule has 0 aliphatic heterocycles. The highest BCUT2D eigenvalue weighted by atomic mass is 32.1. The molecule has 6 nitrogen and oxygen atoms in total. The SMILES string of the molecule is c1ncn(-c2nnc(CNC3CC3)s2)n1. The molecular weight excluding hydrogens is 212 g/mol. The Morgan fingerprint density at radius 3 is 3.13 bits per heavy atom. The summed E-state index contributed by atoms with van der Waals surface area (Å²) in [5.41, 5.74) is 0. The van der Waals surface area contributed by atoms with Crippen molar-refractivity contribution >= 4 is 11.3 Å². The van der Waals surface area contributed by atoms with Gasteiger partial charge in [-0.15, -0.1) is 10.2 Å². The van der Waals surface area contributed by atoms with Gasteiger partial charge in [0.05, 0.1) is 6.54 Å². The molecule has 0 unspecified atom stereocenters. The largest absolute Gasteiger partial charge is 0.308 e. The zero-order valence-electron chi connectivity index (χ0n) is 8.00. The molecular formula is C8H10N6S. The number of nitrogens with zero attached hydrogens (tertiary/aromatic N) is 5. The van der Waals surface area contributed by atoms with Crippen LogP contribution in [0.25, 0.3) is 5.13 Å². The summed E-state index contributed by atoms with van der Waals surface area (Å²) in [4.78, 5) is 3.87. The Balaban J connectivity index is 1.69. The fraction of sp³-hybridized carbons (Fsp3) is 0.500. The minimum Gasteiger partial charge on any atom is -0.308 e. The van der Waals surface area contributed by atoms with Gasteiger partial charge in [-0.3, -0.25) is 0 Å². The van der Waals surface area contributed by atoms with Crippen molar-refractivity contribution in [2.24, 2.45) is 0 Å². The van der Waals surface area contributed by atoms with Gasteiger partial charge in [0, 0.05) is 6.04 Å². The molecule has 1 fully saturated rings. The summed E-state index contributed by atoms with van der Waals surface area (Å²) >= 11 is 1.54. The number of nitrogens with one attached hydrogen (secondary N) is 1. The molecule has 1 aliphatic carbocycles. The first-order valence-corrected chi connectivity index (χ1v) is 5.64. The molecule has 0 bridgehead atoms. The minimum absolute atomic E-state index is 0.698. The van der Waals surface area contributed by atoms with Crippen LogP contribution in [0.3, 0.4) is 0 Å². The van der Waals surface area contributed by atoms with Gasteiger partial charge in [-0.05, 0) is 12.8 Å². The fourth-order valence-corrected chi connectivity index (χ4v) is 1.95. The standard InChI is InChI=1S/C8H10N6S/c1-2-6(1)10-3-7-12-13-8(15-7)14-5-9-4-11-14/h4-6,10H,1-3H2. The van der Waals surface area contributed by atoms with E-state index >= 15 is 0 Å². The van der Waals surface area contributed by atoms with Crippen LogP contribution >= 0.6 is 11.3 Å². The summed E-state index contributed by atoms with van der Waals surface area (Å²) in [6.45, 7) is 0.803. The highest BCUT2D eigenvalue weighted by Crippen LogP contribution is 2.20. The smallest absolute Gasteiger partial charge is 0.234 e. The van der Waals surface area contributed by atoms with Crippen LogP contribution in [0.15, 0.2) is 12.7 Å². The average Bonchev–Trinajstić information content (AvgIpc) is 2.78. The molecule has 2 aromatic rings. The van der Waals surface area contributed by atoms with E-state index in [1.165, 1.54) is 30.5 Å². The Labute approximate surface area is 90.4 Å². The van der Waals surface area contributed by atoms with E-state index in [4.69, 9.17) is 0 Å². The molecule has 0 spiro atoms. The van der Waals surface area contributed by atoms with Gasteiger partial charge < -0.3 is 5.32 Å². The molecule has 7 heteroatoms. The van der Waals surface area contributed by atoms with Crippen molar-refractivity contribution in [1.29, 1.82) is 0 Å². The molecule has 0 atom stereocenters. The summed E-state index contributed by atoms with van der Waals surface area (Å²) in [6, 6.07) is 0.698. The van der Waals surface area contributed by atoms with Crippen molar-refractivity contribution in [3.63, 3.8) is 0 Å². The lowest BCUT2D eigenvalue weighted by Crippen LogP contribution is -2.14. The molecule has 78 valence electrons. The van der Waals surface area contributed by atoms with E-state index in [1.807, 2.05) is 0 Å². The van der Waals surface area contributed by atoms with Crippen molar-refractivity contribution in [3.05, 3.63) is 17.7 Å². The number of hydrogen-bond donors (Lipinski definition) is 1. The third-order valence-electron chi connectivity index (χ3n) is 2.19. The van der Waals surface area contributed by atoms with Crippen LogP contribution in [-0.4, -0.2) is 31.0 Å². The predicted molar refractivity (Wildman–Crippen MR) is 54.7 cm³/mol. The second-order valence-corrected chi connectivity index (χ2v) is 4.51. The van der Waals surface area contributed by atoms with Gasteiger partial charge in [-0.25, -0.2) is 4.98 Å². The van der Waals surface area contributed by atoms with E-state index in [-0.39, 0.29) is 0 Å². The maximum absolute atomic E-state index is 4.09. The lowest BCUT2D eigenvalue weighted by Gasteiger charge is -1.95. The molecule has 3 rings (SSSR count). The Hall–Kier alpha value is -1.34. The summed E-state index contributed by atoms with van der Waals surface area (Å²) in [7, 11) is 0. The summed E-state index contributed by atoms with van der Waals surface area (Å²) in [5, 5.41) is 17.3. The maximum Gasteiger partial charge on any atom is 0.234 e. The Bertz CT molecular complexity index is 432. The molecule has 1 saturated carbocycles. The van der Waals surface area contributed by atoms with Crippen LogP contribution in [0.4, 0.5) is 0 Å². The predicted octanol–water partition coefficient (Wildman–Crippen LogP) is 0.371. The highest BCUT2D eigenvalue weighted by molar-refractivity contribution is 7.13. The Morgan fingerprint density at radius 1 is 1.47 bits per heavy atom. The monoisotopic (exact) mass is 222 g/mol. The topological polar surface area (TPSA) is 68.5 Å². The minimum atomic E-state index is 0.698. The summed E-state index contributed by atoms with van der Waals surface area (Å²) in [6.07, 6.45) is 5.69. The Kier molecular flexibility index (Phi) is 2.18. The van der Waals surface area contributed by atoms with Gasteiger partial charge in [0.2, 0.25) is 5.13 Å². The normalized spacial score (nSPS) is 15.7. The van der Waals surface area contributed by atoms with Gasteiger partial charge in [0.15, 0.2) is 0 Å². The van der Waals surface area contributed by atoms with Gasteiger partial charge in [0.25, 0.3) is 0 Å².